The molecule has 1 heterocycles. The van der Waals surface area contributed by atoms with Gasteiger partial charge >= 0.3 is 0 Å². The van der Waals surface area contributed by atoms with Crippen LogP contribution in [0.25, 0.3) is 0 Å². The number of hydrogen-bond acceptors (Lipinski definition) is 3. The highest BCUT2D eigenvalue weighted by Crippen LogP contribution is 2.24. The number of aromatic nitrogens is 2. The maximum atomic E-state index is 5.93. The van der Waals surface area contributed by atoms with Gasteiger partial charge in [-0.15, -0.1) is 0 Å². The van der Waals surface area contributed by atoms with Crippen molar-refractivity contribution < 1.29 is 0 Å². The van der Waals surface area contributed by atoms with Crippen molar-refractivity contribution in [1.29, 1.82) is 0 Å². The van der Waals surface area contributed by atoms with Crippen LogP contribution in [0.1, 0.15) is 31.4 Å². The van der Waals surface area contributed by atoms with Gasteiger partial charge in [-0.1, -0.05) is 12.8 Å². The number of amidine groups is 1. The summed E-state index contributed by atoms with van der Waals surface area (Å²) in [5.41, 5.74) is 6.86. The Morgan fingerprint density at radius 3 is 2.93 bits per heavy atom. The van der Waals surface area contributed by atoms with Crippen molar-refractivity contribution >= 4 is 5.84 Å². The van der Waals surface area contributed by atoms with E-state index in [0.717, 1.165) is 11.5 Å². The largest absolute Gasteiger partial charge is 0.387 e. The summed E-state index contributed by atoms with van der Waals surface area (Å²) in [5.74, 6) is 1.30. The van der Waals surface area contributed by atoms with Crippen LogP contribution in [0.5, 0.6) is 0 Å². The van der Waals surface area contributed by atoms with E-state index in [1.54, 1.807) is 6.20 Å². The summed E-state index contributed by atoms with van der Waals surface area (Å²) in [6, 6.07) is 1.87. The van der Waals surface area contributed by atoms with E-state index in [2.05, 4.69) is 15.0 Å². The molecule has 1 fully saturated rings. The maximum Gasteiger partial charge on any atom is 0.115 e. The Hall–Kier alpha value is -1.45. The van der Waals surface area contributed by atoms with Gasteiger partial charge < -0.3 is 5.73 Å². The monoisotopic (exact) mass is 204 g/mol. The van der Waals surface area contributed by atoms with E-state index >= 15 is 0 Å². The van der Waals surface area contributed by atoms with Crippen molar-refractivity contribution in [1.82, 2.24) is 9.97 Å². The second-order valence-electron chi connectivity index (χ2n) is 3.92. The Bertz CT molecular complexity index is 328. The standard InChI is InChI=1S/C11H16N4/c12-11(9-3-1-2-4-9)14-7-10-5-6-13-8-15-10/h5-6,8-9H,1-4,7H2,(H2,12,14). The van der Waals surface area contributed by atoms with E-state index in [4.69, 9.17) is 5.73 Å². The van der Waals surface area contributed by atoms with Gasteiger partial charge in [0, 0.05) is 12.1 Å². The van der Waals surface area contributed by atoms with Crippen molar-refractivity contribution in [2.45, 2.75) is 32.2 Å². The molecular formula is C11H16N4. The second kappa shape index (κ2) is 4.87. The minimum atomic E-state index is 0.506. The summed E-state index contributed by atoms with van der Waals surface area (Å²) in [6.07, 6.45) is 8.22. The molecule has 0 bridgehead atoms. The van der Waals surface area contributed by atoms with Crippen molar-refractivity contribution in [2.75, 3.05) is 0 Å². The van der Waals surface area contributed by atoms with Crippen LogP contribution in [-0.2, 0) is 6.54 Å². The molecule has 0 spiro atoms. The number of nitrogens with two attached hydrogens (primary N) is 1. The summed E-state index contributed by atoms with van der Waals surface area (Å²) in [4.78, 5) is 12.3. The predicted molar refractivity (Wildman–Crippen MR) is 59.3 cm³/mol. The third kappa shape index (κ3) is 2.75. The van der Waals surface area contributed by atoms with Crippen LogP contribution in [-0.4, -0.2) is 15.8 Å². The third-order valence-electron chi connectivity index (χ3n) is 2.84. The zero-order chi connectivity index (χ0) is 10.5. The minimum Gasteiger partial charge on any atom is -0.387 e. The molecule has 1 aromatic heterocycles. The van der Waals surface area contributed by atoms with Crippen LogP contribution < -0.4 is 5.73 Å². The Balaban J connectivity index is 1.93. The highest BCUT2D eigenvalue weighted by atomic mass is 14.9. The lowest BCUT2D eigenvalue weighted by Crippen LogP contribution is -2.21. The smallest absolute Gasteiger partial charge is 0.115 e. The topological polar surface area (TPSA) is 64.2 Å². The number of hydrogen-bond donors (Lipinski definition) is 1. The quantitative estimate of drug-likeness (QED) is 0.599. The van der Waals surface area contributed by atoms with Crippen LogP contribution >= 0.6 is 0 Å². The van der Waals surface area contributed by atoms with E-state index in [0.29, 0.717) is 12.5 Å². The summed E-state index contributed by atoms with van der Waals surface area (Å²) >= 11 is 0. The van der Waals surface area contributed by atoms with Crippen molar-refractivity contribution in [3.05, 3.63) is 24.3 Å². The molecule has 4 nitrogen and oxygen atoms in total. The highest BCUT2D eigenvalue weighted by Gasteiger charge is 2.18. The first-order chi connectivity index (χ1) is 7.36. The van der Waals surface area contributed by atoms with Crippen LogP contribution in [0.3, 0.4) is 0 Å². The van der Waals surface area contributed by atoms with E-state index in [9.17, 15) is 0 Å². The van der Waals surface area contributed by atoms with Gasteiger partial charge in [-0.05, 0) is 18.9 Å². The molecular weight excluding hydrogens is 188 g/mol. The van der Waals surface area contributed by atoms with E-state index < -0.39 is 0 Å². The predicted octanol–water partition coefficient (Wildman–Crippen LogP) is 1.52. The van der Waals surface area contributed by atoms with E-state index in [1.165, 1.54) is 32.0 Å². The molecule has 0 amide bonds. The van der Waals surface area contributed by atoms with Gasteiger partial charge in [0.05, 0.1) is 18.1 Å². The van der Waals surface area contributed by atoms with Crippen LogP contribution in [0.2, 0.25) is 0 Å². The van der Waals surface area contributed by atoms with Crippen molar-refractivity contribution in [3.63, 3.8) is 0 Å². The van der Waals surface area contributed by atoms with Gasteiger partial charge in [0.2, 0.25) is 0 Å². The molecule has 0 aromatic carbocycles. The fraction of sp³-hybridized carbons (Fsp3) is 0.545. The molecule has 2 rings (SSSR count). The van der Waals surface area contributed by atoms with Crippen LogP contribution in [0.15, 0.2) is 23.6 Å². The number of aliphatic imine (C=N–C) groups is 1. The van der Waals surface area contributed by atoms with Crippen LogP contribution in [0, 0.1) is 5.92 Å². The van der Waals surface area contributed by atoms with Gasteiger partial charge in [0.15, 0.2) is 0 Å². The van der Waals surface area contributed by atoms with Gasteiger partial charge in [-0.2, -0.15) is 0 Å². The molecule has 1 aliphatic rings. The fourth-order valence-electron chi connectivity index (χ4n) is 1.93. The Labute approximate surface area is 89.7 Å². The average molecular weight is 204 g/mol. The molecule has 1 aliphatic carbocycles. The molecule has 0 unspecified atom stereocenters. The molecule has 0 radical (unpaired) electrons. The lowest BCUT2D eigenvalue weighted by Gasteiger charge is -2.07. The lowest BCUT2D eigenvalue weighted by atomic mass is 10.1. The van der Waals surface area contributed by atoms with Crippen LogP contribution in [0.4, 0.5) is 0 Å². The summed E-state index contributed by atoms with van der Waals surface area (Å²) in [6.45, 7) is 0.574. The average Bonchev–Trinajstić information content (AvgIpc) is 2.81. The van der Waals surface area contributed by atoms with Gasteiger partial charge in [0.1, 0.15) is 6.33 Å². The summed E-state index contributed by atoms with van der Waals surface area (Å²) < 4.78 is 0. The SMILES string of the molecule is NC(=NCc1ccncn1)C1CCCC1. The molecule has 80 valence electrons. The Morgan fingerprint density at radius 2 is 2.27 bits per heavy atom. The molecule has 1 aromatic rings. The summed E-state index contributed by atoms with van der Waals surface area (Å²) in [5, 5.41) is 0. The van der Waals surface area contributed by atoms with Gasteiger partial charge in [-0.3, -0.25) is 4.99 Å². The first-order valence-electron chi connectivity index (χ1n) is 5.41. The number of rotatable bonds is 3. The second-order valence-corrected chi connectivity index (χ2v) is 3.92. The van der Waals surface area contributed by atoms with E-state index in [-0.39, 0.29) is 0 Å². The minimum absolute atomic E-state index is 0.506. The third-order valence-corrected chi connectivity index (χ3v) is 2.84. The molecule has 2 N–H and O–H groups in total. The molecule has 0 saturated heterocycles. The maximum absolute atomic E-state index is 5.93. The lowest BCUT2D eigenvalue weighted by molar-refractivity contribution is 0.714. The number of nitrogens with zero attached hydrogens (tertiary/aromatic N) is 3. The molecule has 4 heteroatoms. The Morgan fingerprint density at radius 1 is 1.47 bits per heavy atom. The zero-order valence-electron chi connectivity index (χ0n) is 8.76. The molecule has 0 aliphatic heterocycles. The first-order valence-corrected chi connectivity index (χ1v) is 5.41. The normalized spacial score (nSPS) is 18.3. The van der Waals surface area contributed by atoms with Crippen molar-refractivity contribution in [2.24, 2.45) is 16.6 Å². The van der Waals surface area contributed by atoms with Gasteiger partial charge in [-0.25, -0.2) is 9.97 Å². The first kappa shape index (κ1) is 10.1. The fourth-order valence-corrected chi connectivity index (χ4v) is 1.93. The molecule has 0 atom stereocenters. The zero-order valence-corrected chi connectivity index (χ0v) is 8.76. The Kier molecular flexibility index (Phi) is 3.27. The summed E-state index contributed by atoms with van der Waals surface area (Å²) in [7, 11) is 0. The van der Waals surface area contributed by atoms with Crippen molar-refractivity contribution in [3.8, 4) is 0 Å². The van der Waals surface area contributed by atoms with Gasteiger partial charge in [0.25, 0.3) is 0 Å². The van der Waals surface area contributed by atoms with E-state index in [1.807, 2.05) is 6.07 Å². The molecule has 1 saturated carbocycles. The molecule has 15 heavy (non-hydrogen) atoms. The highest BCUT2D eigenvalue weighted by molar-refractivity contribution is 5.83.